The van der Waals surface area contributed by atoms with Crippen LogP contribution < -0.4 is 20.7 Å². The van der Waals surface area contributed by atoms with Gasteiger partial charge in [0.05, 0.1) is 24.4 Å². The normalized spacial score (nSPS) is 10.3. The number of hydrogen-bond donors (Lipinski definition) is 3. The third kappa shape index (κ3) is 6.13. The number of nitrogens with zero attached hydrogens (tertiary/aromatic N) is 1. The number of carbonyl (C=O) groups excluding carboxylic acids is 3. The van der Waals surface area contributed by atoms with E-state index in [1.807, 2.05) is 24.4 Å². The van der Waals surface area contributed by atoms with Crippen LogP contribution in [0, 0.1) is 0 Å². The third-order valence-electron chi connectivity index (χ3n) is 4.09. The number of ether oxygens (including phenoxy) is 1. The summed E-state index contributed by atoms with van der Waals surface area (Å²) in [5.41, 5.74) is 2.62. The first kappa shape index (κ1) is 22.0. The van der Waals surface area contributed by atoms with Crippen LogP contribution in [0.2, 0.25) is 0 Å². The van der Waals surface area contributed by atoms with Crippen molar-refractivity contribution in [2.75, 3.05) is 23.8 Å². The van der Waals surface area contributed by atoms with Crippen molar-refractivity contribution >= 4 is 39.9 Å². The van der Waals surface area contributed by atoms with E-state index < -0.39 is 5.91 Å². The molecule has 3 N–H and O–H groups in total. The van der Waals surface area contributed by atoms with E-state index in [1.165, 1.54) is 18.3 Å². The number of rotatable bonds is 8. The lowest BCUT2D eigenvalue weighted by Gasteiger charge is -2.10. The molecule has 0 aliphatic carbocycles. The van der Waals surface area contributed by atoms with Crippen LogP contribution in [-0.2, 0) is 9.59 Å². The highest BCUT2D eigenvalue weighted by Crippen LogP contribution is 2.26. The van der Waals surface area contributed by atoms with E-state index in [0.29, 0.717) is 34.4 Å². The lowest BCUT2D eigenvalue weighted by atomic mass is 10.1. The molecule has 0 aliphatic rings. The Morgan fingerprint density at radius 2 is 1.77 bits per heavy atom. The van der Waals surface area contributed by atoms with Crippen molar-refractivity contribution in [3.63, 3.8) is 0 Å². The molecule has 160 valence electrons. The van der Waals surface area contributed by atoms with Crippen LogP contribution in [-0.4, -0.2) is 35.9 Å². The molecule has 0 bridgehead atoms. The minimum Gasteiger partial charge on any atom is -0.493 e. The Morgan fingerprint density at radius 1 is 1.03 bits per heavy atom. The van der Waals surface area contributed by atoms with Crippen LogP contribution in [0.3, 0.4) is 0 Å². The smallest absolute Gasteiger partial charge is 0.255 e. The molecule has 2 aromatic carbocycles. The molecule has 9 heteroatoms. The average molecular weight is 439 g/mol. The fraction of sp³-hybridized carbons (Fsp3) is 0.182. The topological polar surface area (TPSA) is 109 Å². The molecule has 3 rings (SSSR count). The van der Waals surface area contributed by atoms with Crippen molar-refractivity contribution in [3.05, 3.63) is 59.5 Å². The average Bonchev–Trinajstić information content (AvgIpc) is 3.21. The van der Waals surface area contributed by atoms with Crippen molar-refractivity contribution < 1.29 is 19.1 Å². The Balaban J connectivity index is 1.55. The lowest BCUT2D eigenvalue weighted by molar-refractivity contribution is -0.115. The van der Waals surface area contributed by atoms with Gasteiger partial charge < -0.3 is 20.7 Å². The van der Waals surface area contributed by atoms with Gasteiger partial charge in [0.25, 0.3) is 5.91 Å². The van der Waals surface area contributed by atoms with Gasteiger partial charge in [0, 0.05) is 23.6 Å². The van der Waals surface area contributed by atoms with Gasteiger partial charge in [0.2, 0.25) is 11.8 Å². The van der Waals surface area contributed by atoms with E-state index in [0.717, 1.165) is 5.56 Å². The summed E-state index contributed by atoms with van der Waals surface area (Å²) in [4.78, 5) is 40.1. The summed E-state index contributed by atoms with van der Waals surface area (Å²) in [5.74, 6) is -0.445. The van der Waals surface area contributed by atoms with Gasteiger partial charge in [-0.3, -0.25) is 14.4 Å². The Labute approximate surface area is 183 Å². The zero-order chi connectivity index (χ0) is 22.2. The minimum atomic E-state index is -0.390. The van der Waals surface area contributed by atoms with E-state index >= 15 is 0 Å². The van der Waals surface area contributed by atoms with Gasteiger partial charge in [-0.2, -0.15) is 0 Å². The number of hydrogen-bond acceptors (Lipinski definition) is 6. The summed E-state index contributed by atoms with van der Waals surface area (Å²) in [7, 11) is 0. The quantitative estimate of drug-likeness (QED) is 0.498. The highest BCUT2D eigenvalue weighted by molar-refractivity contribution is 7.14. The summed E-state index contributed by atoms with van der Waals surface area (Å²) in [6, 6.07) is 14.1. The van der Waals surface area contributed by atoms with Crippen molar-refractivity contribution in [1.82, 2.24) is 10.3 Å². The SMILES string of the molecule is CCOc1ccccc1C(=O)NCC(=O)Nc1nc(-c2ccc(NC(C)=O)cc2)cs1. The number of anilines is 2. The largest absolute Gasteiger partial charge is 0.493 e. The molecular formula is C22H22N4O4S. The highest BCUT2D eigenvalue weighted by Gasteiger charge is 2.14. The Morgan fingerprint density at radius 3 is 2.48 bits per heavy atom. The Hall–Kier alpha value is -3.72. The maximum absolute atomic E-state index is 12.4. The number of para-hydroxylation sites is 1. The monoisotopic (exact) mass is 438 g/mol. The molecule has 1 heterocycles. The molecule has 0 spiro atoms. The van der Waals surface area contributed by atoms with Crippen molar-refractivity contribution in [2.24, 2.45) is 0 Å². The molecule has 0 unspecified atom stereocenters. The molecule has 0 radical (unpaired) electrons. The minimum absolute atomic E-state index is 0.139. The van der Waals surface area contributed by atoms with E-state index in [4.69, 9.17) is 4.74 Å². The van der Waals surface area contributed by atoms with E-state index in [2.05, 4.69) is 20.9 Å². The van der Waals surface area contributed by atoms with Crippen molar-refractivity contribution in [2.45, 2.75) is 13.8 Å². The molecule has 1 aromatic heterocycles. The summed E-state index contributed by atoms with van der Waals surface area (Å²) in [6.07, 6.45) is 0. The van der Waals surface area contributed by atoms with Crippen LogP contribution in [0.25, 0.3) is 11.3 Å². The first-order chi connectivity index (χ1) is 15.0. The van der Waals surface area contributed by atoms with Gasteiger partial charge in [0.1, 0.15) is 5.75 Å². The van der Waals surface area contributed by atoms with Crippen LogP contribution >= 0.6 is 11.3 Å². The van der Waals surface area contributed by atoms with Crippen LogP contribution in [0.1, 0.15) is 24.2 Å². The fourth-order valence-electron chi connectivity index (χ4n) is 2.75. The second-order valence-electron chi connectivity index (χ2n) is 6.46. The summed E-state index contributed by atoms with van der Waals surface area (Å²) < 4.78 is 5.44. The van der Waals surface area contributed by atoms with Gasteiger partial charge in [-0.15, -0.1) is 11.3 Å². The number of amides is 3. The zero-order valence-corrected chi connectivity index (χ0v) is 17.9. The van der Waals surface area contributed by atoms with Crippen molar-refractivity contribution in [3.8, 4) is 17.0 Å². The molecule has 8 nitrogen and oxygen atoms in total. The summed E-state index contributed by atoms with van der Waals surface area (Å²) in [6.45, 7) is 3.53. The number of nitrogens with one attached hydrogen (secondary N) is 3. The van der Waals surface area contributed by atoms with Crippen LogP contribution in [0.15, 0.2) is 53.9 Å². The maximum atomic E-state index is 12.4. The molecule has 0 aliphatic heterocycles. The van der Waals surface area contributed by atoms with Gasteiger partial charge in [-0.25, -0.2) is 4.98 Å². The molecular weight excluding hydrogens is 416 g/mol. The number of carbonyl (C=O) groups is 3. The van der Waals surface area contributed by atoms with E-state index in [1.54, 1.807) is 36.4 Å². The van der Waals surface area contributed by atoms with Crippen LogP contribution in [0.4, 0.5) is 10.8 Å². The molecule has 31 heavy (non-hydrogen) atoms. The van der Waals surface area contributed by atoms with Gasteiger partial charge in [-0.1, -0.05) is 24.3 Å². The number of aromatic nitrogens is 1. The number of thiazole rings is 1. The summed E-state index contributed by atoms with van der Waals surface area (Å²) in [5, 5.41) is 10.2. The molecule has 0 fully saturated rings. The Kier molecular flexibility index (Phi) is 7.34. The second kappa shape index (κ2) is 10.4. The predicted molar refractivity (Wildman–Crippen MR) is 120 cm³/mol. The predicted octanol–water partition coefficient (Wildman–Crippen LogP) is 3.54. The van der Waals surface area contributed by atoms with Gasteiger partial charge >= 0.3 is 0 Å². The van der Waals surface area contributed by atoms with Crippen LogP contribution in [0.5, 0.6) is 5.75 Å². The molecule has 3 aromatic rings. The highest BCUT2D eigenvalue weighted by atomic mass is 32.1. The van der Waals surface area contributed by atoms with Gasteiger partial charge in [0.15, 0.2) is 5.13 Å². The van der Waals surface area contributed by atoms with E-state index in [-0.39, 0.29) is 18.4 Å². The van der Waals surface area contributed by atoms with E-state index in [9.17, 15) is 14.4 Å². The molecule has 0 saturated carbocycles. The first-order valence-electron chi connectivity index (χ1n) is 9.59. The maximum Gasteiger partial charge on any atom is 0.255 e. The number of benzene rings is 2. The molecule has 3 amide bonds. The standard InChI is InChI=1S/C22H22N4O4S/c1-3-30-19-7-5-4-6-17(19)21(29)23-12-20(28)26-22-25-18(13-31-22)15-8-10-16(11-9-15)24-14(2)27/h4-11,13H,3,12H2,1-2H3,(H,23,29)(H,24,27)(H,25,26,28). The Bertz CT molecular complexity index is 1080. The second-order valence-corrected chi connectivity index (χ2v) is 7.31. The first-order valence-corrected chi connectivity index (χ1v) is 10.5. The third-order valence-corrected chi connectivity index (χ3v) is 4.85. The zero-order valence-electron chi connectivity index (χ0n) is 17.1. The lowest BCUT2D eigenvalue weighted by Crippen LogP contribution is -2.33. The van der Waals surface area contributed by atoms with Gasteiger partial charge in [-0.05, 0) is 31.2 Å². The summed E-state index contributed by atoms with van der Waals surface area (Å²) >= 11 is 1.28. The van der Waals surface area contributed by atoms with Crippen molar-refractivity contribution in [1.29, 1.82) is 0 Å². The molecule has 0 saturated heterocycles. The fourth-order valence-corrected chi connectivity index (χ4v) is 3.48. The molecule has 0 atom stereocenters.